The van der Waals surface area contributed by atoms with E-state index in [4.69, 9.17) is 16.3 Å². The van der Waals surface area contributed by atoms with Crippen molar-refractivity contribution in [1.29, 1.82) is 0 Å². The molecule has 2 aromatic rings. The van der Waals surface area contributed by atoms with Gasteiger partial charge in [-0.05, 0) is 69.0 Å². The summed E-state index contributed by atoms with van der Waals surface area (Å²) < 4.78 is 5.69. The van der Waals surface area contributed by atoms with E-state index in [1.165, 1.54) is 0 Å². The molecular formula is C25H33ClN2O3. The maximum absolute atomic E-state index is 13.1. The quantitative estimate of drug-likeness (QED) is 0.488. The number of carbonyl (C=O) groups excluding carboxylic acids is 2. The summed E-state index contributed by atoms with van der Waals surface area (Å²) in [5.41, 5.74) is 2.14. The number of nitrogens with one attached hydrogen (secondary N) is 1. The van der Waals surface area contributed by atoms with Gasteiger partial charge in [0.2, 0.25) is 11.8 Å². The van der Waals surface area contributed by atoms with Crippen molar-refractivity contribution in [3.8, 4) is 5.75 Å². The Bertz CT molecular complexity index is 854. The molecule has 0 aliphatic heterocycles. The van der Waals surface area contributed by atoms with Gasteiger partial charge in [-0.1, -0.05) is 42.8 Å². The van der Waals surface area contributed by atoms with Crippen molar-refractivity contribution in [2.75, 3.05) is 6.61 Å². The number of benzene rings is 2. The standard InChI is InChI=1S/C25H33ClN2O3/c1-5-19(3)27-25(30)20(4)28(17-21-10-7-6-9-18(21)2)24(29)11-8-16-31-23-14-12-22(26)13-15-23/h6-7,9-10,12-15,19-20H,5,8,11,16-17H2,1-4H3,(H,27,30)/t19-,20+/m1/s1. The van der Waals surface area contributed by atoms with E-state index in [0.717, 1.165) is 23.3 Å². The van der Waals surface area contributed by atoms with Crippen molar-refractivity contribution < 1.29 is 14.3 Å². The summed E-state index contributed by atoms with van der Waals surface area (Å²) in [6.45, 7) is 8.61. The molecule has 0 radical (unpaired) electrons. The van der Waals surface area contributed by atoms with Crippen LogP contribution in [-0.4, -0.2) is 35.4 Å². The molecule has 0 bridgehead atoms. The molecule has 168 valence electrons. The normalized spacial score (nSPS) is 12.7. The van der Waals surface area contributed by atoms with Gasteiger partial charge in [0.05, 0.1) is 6.61 Å². The molecule has 0 saturated heterocycles. The summed E-state index contributed by atoms with van der Waals surface area (Å²) in [5, 5.41) is 3.64. The smallest absolute Gasteiger partial charge is 0.242 e. The van der Waals surface area contributed by atoms with E-state index in [1.54, 1.807) is 36.1 Å². The molecule has 0 heterocycles. The van der Waals surface area contributed by atoms with Crippen molar-refractivity contribution in [1.82, 2.24) is 10.2 Å². The highest BCUT2D eigenvalue weighted by molar-refractivity contribution is 6.30. The molecule has 2 atom stereocenters. The molecule has 0 unspecified atom stereocenters. The number of carbonyl (C=O) groups is 2. The summed E-state index contributed by atoms with van der Waals surface area (Å²) in [6.07, 6.45) is 1.71. The molecule has 31 heavy (non-hydrogen) atoms. The number of rotatable bonds is 11. The third-order valence-electron chi connectivity index (χ3n) is 5.39. The van der Waals surface area contributed by atoms with E-state index in [0.29, 0.717) is 31.0 Å². The van der Waals surface area contributed by atoms with Gasteiger partial charge in [0.15, 0.2) is 0 Å². The van der Waals surface area contributed by atoms with Gasteiger partial charge in [0, 0.05) is 24.0 Å². The molecule has 2 rings (SSSR count). The third kappa shape index (κ3) is 7.91. The molecule has 0 aromatic heterocycles. The van der Waals surface area contributed by atoms with Gasteiger partial charge in [0.25, 0.3) is 0 Å². The predicted octanol–water partition coefficient (Wildman–Crippen LogP) is 5.14. The number of amides is 2. The van der Waals surface area contributed by atoms with E-state index in [1.807, 2.05) is 45.0 Å². The highest BCUT2D eigenvalue weighted by Gasteiger charge is 2.26. The first-order valence-electron chi connectivity index (χ1n) is 10.8. The van der Waals surface area contributed by atoms with Crippen molar-refractivity contribution in [3.63, 3.8) is 0 Å². The van der Waals surface area contributed by atoms with E-state index in [2.05, 4.69) is 5.32 Å². The molecule has 5 nitrogen and oxygen atoms in total. The van der Waals surface area contributed by atoms with E-state index >= 15 is 0 Å². The molecule has 0 aliphatic rings. The topological polar surface area (TPSA) is 58.6 Å². The summed E-state index contributed by atoms with van der Waals surface area (Å²) >= 11 is 5.88. The number of halogens is 1. The summed E-state index contributed by atoms with van der Waals surface area (Å²) in [7, 11) is 0. The predicted molar refractivity (Wildman–Crippen MR) is 125 cm³/mol. The van der Waals surface area contributed by atoms with Crippen LogP contribution in [0.25, 0.3) is 0 Å². The fourth-order valence-corrected chi connectivity index (χ4v) is 3.23. The first-order chi connectivity index (χ1) is 14.8. The summed E-state index contributed by atoms with van der Waals surface area (Å²) in [4.78, 5) is 27.5. The molecule has 1 N–H and O–H groups in total. The monoisotopic (exact) mass is 444 g/mol. The minimum atomic E-state index is -0.557. The molecule has 0 aliphatic carbocycles. The maximum Gasteiger partial charge on any atom is 0.242 e. The third-order valence-corrected chi connectivity index (χ3v) is 5.64. The largest absolute Gasteiger partial charge is 0.494 e. The van der Waals surface area contributed by atoms with Gasteiger partial charge in [-0.15, -0.1) is 0 Å². The van der Waals surface area contributed by atoms with Crippen molar-refractivity contribution in [2.45, 2.75) is 65.6 Å². The van der Waals surface area contributed by atoms with Gasteiger partial charge >= 0.3 is 0 Å². The van der Waals surface area contributed by atoms with Crippen LogP contribution in [0.1, 0.15) is 51.2 Å². The van der Waals surface area contributed by atoms with Crippen LogP contribution < -0.4 is 10.1 Å². The minimum Gasteiger partial charge on any atom is -0.494 e. The lowest BCUT2D eigenvalue weighted by molar-refractivity contribution is -0.141. The van der Waals surface area contributed by atoms with Crippen LogP contribution in [0.2, 0.25) is 5.02 Å². The molecule has 0 saturated carbocycles. The van der Waals surface area contributed by atoms with Crippen LogP contribution in [0.5, 0.6) is 5.75 Å². The van der Waals surface area contributed by atoms with Crippen LogP contribution in [0.15, 0.2) is 48.5 Å². The van der Waals surface area contributed by atoms with Crippen LogP contribution in [0.3, 0.4) is 0 Å². The molecule has 2 aromatic carbocycles. The van der Waals surface area contributed by atoms with Crippen LogP contribution in [0.4, 0.5) is 0 Å². The average Bonchev–Trinajstić information content (AvgIpc) is 2.76. The SMILES string of the molecule is CC[C@@H](C)NC(=O)[C@H](C)N(Cc1ccccc1C)C(=O)CCCOc1ccc(Cl)cc1. The second kappa shape index (κ2) is 12.4. The van der Waals surface area contributed by atoms with Crippen molar-refractivity contribution in [3.05, 3.63) is 64.7 Å². The highest BCUT2D eigenvalue weighted by atomic mass is 35.5. The lowest BCUT2D eigenvalue weighted by Crippen LogP contribution is -2.49. The highest BCUT2D eigenvalue weighted by Crippen LogP contribution is 2.17. The minimum absolute atomic E-state index is 0.0604. The van der Waals surface area contributed by atoms with E-state index in [-0.39, 0.29) is 17.9 Å². The van der Waals surface area contributed by atoms with E-state index in [9.17, 15) is 9.59 Å². The van der Waals surface area contributed by atoms with Gasteiger partial charge < -0.3 is 15.0 Å². The van der Waals surface area contributed by atoms with Gasteiger partial charge in [-0.2, -0.15) is 0 Å². The molecule has 2 amide bonds. The lowest BCUT2D eigenvalue weighted by Gasteiger charge is -2.30. The first kappa shape index (κ1) is 24.7. The Morgan fingerprint density at radius 1 is 1.10 bits per heavy atom. The molecule has 6 heteroatoms. The second-order valence-electron chi connectivity index (χ2n) is 7.85. The van der Waals surface area contributed by atoms with Gasteiger partial charge in [0.1, 0.15) is 11.8 Å². The number of hydrogen-bond donors (Lipinski definition) is 1. The number of hydrogen-bond acceptors (Lipinski definition) is 3. The zero-order valence-electron chi connectivity index (χ0n) is 18.9. The number of ether oxygens (including phenoxy) is 1. The Labute approximate surface area is 190 Å². The maximum atomic E-state index is 13.1. The van der Waals surface area contributed by atoms with Gasteiger partial charge in [-0.3, -0.25) is 9.59 Å². The zero-order chi connectivity index (χ0) is 22.8. The van der Waals surface area contributed by atoms with Crippen LogP contribution in [0, 0.1) is 6.92 Å². The van der Waals surface area contributed by atoms with Gasteiger partial charge in [-0.25, -0.2) is 0 Å². The second-order valence-corrected chi connectivity index (χ2v) is 8.28. The number of nitrogens with zero attached hydrogens (tertiary/aromatic N) is 1. The lowest BCUT2D eigenvalue weighted by atomic mass is 10.1. The Morgan fingerprint density at radius 3 is 2.42 bits per heavy atom. The first-order valence-corrected chi connectivity index (χ1v) is 11.2. The molecular weight excluding hydrogens is 412 g/mol. The van der Waals surface area contributed by atoms with Crippen LogP contribution >= 0.6 is 11.6 Å². The Hall–Kier alpha value is -2.53. The fourth-order valence-electron chi connectivity index (χ4n) is 3.11. The Morgan fingerprint density at radius 2 is 1.77 bits per heavy atom. The Balaban J connectivity index is 2.01. The summed E-state index contributed by atoms with van der Waals surface area (Å²) in [6, 6.07) is 14.6. The number of aryl methyl sites for hydroxylation is 1. The molecule has 0 spiro atoms. The van der Waals surface area contributed by atoms with Crippen molar-refractivity contribution in [2.24, 2.45) is 0 Å². The molecule has 0 fully saturated rings. The fraction of sp³-hybridized carbons (Fsp3) is 0.440. The van der Waals surface area contributed by atoms with Crippen LogP contribution in [-0.2, 0) is 16.1 Å². The zero-order valence-corrected chi connectivity index (χ0v) is 19.6. The van der Waals surface area contributed by atoms with E-state index < -0.39 is 6.04 Å². The summed E-state index contributed by atoms with van der Waals surface area (Å²) in [5.74, 6) is 0.526. The van der Waals surface area contributed by atoms with Crippen molar-refractivity contribution >= 4 is 23.4 Å². The average molecular weight is 445 g/mol. The Kier molecular flexibility index (Phi) is 9.86.